The van der Waals surface area contributed by atoms with Crippen LogP contribution in [0.2, 0.25) is 4.34 Å². The Labute approximate surface area is 217 Å². The molecule has 184 valence electrons. The van der Waals surface area contributed by atoms with Crippen LogP contribution in [0.1, 0.15) is 23.7 Å². The lowest BCUT2D eigenvalue weighted by molar-refractivity contribution is 0.205. The molecule has 3 N–H and O–H groups in total. The molecule has 0 saturated carbocycles. The molecule has 4 aromatic rings. The van der Waals surface area contributed by atoms with E-state index in [2.05, 4.69) is 27.7 Å². The van der Waals surface area contributed by atoms with E-state index in [1.165, 1.54) is 11.3 Å². The first kappa shape index (κ1) is 25.2. The number of aryl methyl sites for hydroxylation is 1. The summed E-state index contributed by atoms with van der Waals surface area (Å²) in [7, 11) is 0. The Morgan fingerprint density at radius 1 is 1.08 bits per heavy atom. The Balaban J connectivity index is 1.44. The van der Waals surface area contributed by atoms with Gasteiger partial charge >= 0.3 is 6.09 Å². The predicted molar refractivity (Wildman–Crippen MR) is 143 cm³/mol. The van der Waals surface area contributed by atoms with Gasteiger partial charge in [-0.05, 0) is 55.3 Å². The van der Waals surface area contributed by atoms with Gasteiger partial charge in [0, 0.05) is 23.4 Å². The quantitative estimate of drug-likeness (QED) is 0.109. The van der Waals surface area contributed by atoms with Crippen molar-refractivity contribution in [3.05, 3.63) is 87.9 Å². The number of amidine groups is 1. The number of nitrogens with zero attached hydrogens (tertiary/aromatic N) is 3. The summed E-state index contributed by atoms with van der Waals surface area (Å²) in [6.45, 7) is 4.03. The number of amides is 1. The normalized spacial score (nSPS) is 11.2. The number of nitrogens with one attached hydrogen (secondary N) is 2. The first-order valence-electron chi connectivity index (χ1n) is 11.2. The van der Waals surface area contributed by atoms with E-state index in [1.807, 2.05) is 49.4 Å². The predicted octanol–water partition coefficient (Wildman–Crippen LogP) is 6.59. The van der Waals surface area contributed by atoms with Crippen molar-refractivity contribution in [1.29, 1.82) is 0 Å². The van der Waals surface area contributed by atoms with Crippen molar-refractivity contribution < 1.29 is 14.7 Å². The molecule has 4 rings (SSSR count). The largest absolute Gasteiger partial charge is 0.418 e. The number of halogens is 1. The Morgan fingerprint density at radius 3 is 2.47 bits per heavy atom. The summed E-state index contributed by atoms with van der Waals surface area (Å²) < 4.78 is 5.86. The van der Waals surface area contributed by atoms with Crippen molar-refractivity contribution >= 4 is 46.4 Å². The van der Waals surface area contributed by atoms with Crippen LogP contribution in [-0.4, -0.2) is 27.1 Å². The van der Waals surface area contributed by atoms with Gasteiger partial charge in [-0.3, -0.25) is 5.32 Å². The number of ether oxygens (including phenoxy) is 1. The number of para-hydroxylation sites is 1. The minimum Gasteiger partial charge on any atom is -0.410 e. The lowest BCUT2D eigenvalue weighted by Gasteiger charge is -2.14. The number of rotatable bonds is 7. The summed E-state index contributed by atoms with van der Waals surface area (Å²) >= 11 is 7.53. The second-order valence-corrected chi connectivity index (χ2v) is 9.51. The molecule has 8 nitrogen and oxygen atoms in total. The van der Waals surface area contributed by atoms with Crippen molar-refractivity contribution in [3.63, 3.8) is 0 Å². The van der Waals surface area contributed by atoms with Crippen molar-refractivity contribution in [2.24, 2.45) is 5.16 Å². The van der Waals surface area contributed by atoms with Gasteiger partial charge in [-0.2, -0.15) is 0 Å². The summed E-state index contributed by atoms with van der Waals surface area (Å²) in [5, 5.41) is 18.4. The topological polar surface area (TPSA) is 109 Å². The second kappa shape index (κ2) is 11.7. The van der Waals surface area contributed by atoms with Gasteiger partial charge in [0.1, 0.15) is 11.6 Å². The van der Waals surface area contributed by atoms with Crippen LogP contribution >= 0.6 is 22.9 Å². The molecule has 0 bridgehead atoms. The molecule has 0 spiro atoms. The third-order valence-electron chi connectivity index (χ3n) is 5.27. The van der Waals surface area contributed by atoms with Crippen LogP contribution in [-0.2, 0) is 12.8 Å². The highest BCUT2D eigenvalue weighted by Crippen LogP contribution is 2.31. The van der Waals surface area contributed by atoms with Crippen LogP contribution in [0.3, 0.4) is 0 Å². The Bertz CT molecular complexity index is 1370. The molecular weight excluding hydrogens is 498 g/mol. The molecule has 2 aromatic carbocycles. The Hall–Kier alpha value is -3.95. The zero-order valence-corrected chi connectivity index (χ0v) is 21.2. The molecule has 0 fully saturated rings. The van der Waals surface area contributed by atoms with E-state index in [4.69, 9.17) is 21.3 Å². The van der Waals surface area contributed by atoms with Gasteiger partial charge in [-0.15, -0.1) is 11.3 Å². The number of anilines is 2. The number of thiophene rings is 1. The van der Waals surface area contributed by atoms with Crippen molar-refractivity contribution in [2.75, 3.05) is 5.32 Å². The highest BCUT2D eigenvalue weighted by Gasteiger charge is 2.14. The molecule has 2 aromatic heterocycles. The van der Waals surface area contributed by atoms with E-state index in [0.717, 1.165) is 39.6 Å². The lowest BCUT2D eigenvalue weighted by atomic mass is 10.1. The molecule has 2 heterocycles. The van der Waals surface area contributed by atoms with Crippen molar-refractivity contribution in [1.82, 2.24) is 15.3 Å². The fourth-order valence-corrected chi connectivity index (χ4v) is 4.52. The Morgan fingerprint density at radius 2 is 1.83 bits per heavy atom. The molecule has 0 radical (unpaired) electrons. The second-order valence-electron chi connectivity index (χ2n) is 7.79. The van der Waals surface area contributed by atoms with E-state index < -0.39 is 6.09 Å². The first-order chi connectivity index (χ1) is 17.4. The zero-order valence-electron chi connectivity index (χ0n) is 19.7. The van der Waals surface area contributed by atoms with Crippen LogP contribution in [0.25, 0.3) is 10.7 Å². The van der Waals surface area contributed by atoms with Gasteiger partial charge in [0.25, 0.3) is 0 Å². The molecule has 10 heteroatoms. The van der Waals surface area contributed by atoms with Crippen LogP contribution in [0.4, 0.5) is 16.3 Å². The number of carbonyl (C=O) groups is 1. The number of hydrogen-bond donors (Lipinski definition) is 3. The number of benzene rings is 2. The number of aromatic nitrogens is 2. The summed E-state index contributed by atoms with van der Waals surface area (Å²) in [6.07, 6.45) is 0.247. The molecule has 1 amide bonds. The van der Waals surface area contributed by atoms with Gasteiger partial charge < -0.3 is 15.3 Å². The maximum absolute atomic E-state index is 12.1. The molecule has 0 unspecified atom stereocenters. The Kier molecular flexibility index (Phi) is 8.14. The van der Waals surface area contributed by atoms with E-state index in [1.54, 1.807) is 24.3 Å². The van der Waals surface area contributed by atoms with Gasteiger partial charge in [-0.1, -0.05) is 54.0 Å². The zero-order chi connectivity index (χ0) is 25.5. The van der Waals surface area contributed by atoms with Gasteiger partial charge in [0.15, 0.2) is 11.7 Å². The lowest BCUT2D eigenvalue weighted by Crippen LogP contribution is -2.34. The number of carbonyl (C=O) groups excluding carboxylic acids is 1. The third kappa shape index (κ3) is 6.38. The molecule has 0 saturated heterocycles. The standard InChI is InChI=1S/C26H24ClN5O3S/c1-3-20-16(2)28-25(21-13-14-22(27)36-21)31-24(20)29-18-11-9-17(10-12-18)15-23(32-34)30-26(33)35-19-7-5-4-6-8-19/h4-14,34H,3,15H2,1-2H3,(H,28,29,31)(H,30,32,33). The highest BCUT2D eigenvalue weighted by atomic mass is 35.5. The molecular formula is C26H24ClN5O3S. The van der Waals surface area contributed by atoms with Crippen LogP contribution in [0.15, 0.2) is 71.9 Å². The average Bonchev–Trinajstić information content (AvgIpc) is 3.31. The van der Waals surface area contributed by atoms with Gasteiger partial charge in [0.2, 0.25) is 0 Å². The van der Waals surface area contributed by atoms with E-state index in [9.17, 15) is 10.0 Å². The first-order valence-corrected chi connectivity index (χ1v) is 12.4. The van der Waals surface area contributed by atoms with E-state index >= 15 is 0 Å². The third-order valence-corrected chi connectivity index (χ3v) is 6.50. The van der Waals surface area contributed by atoms with E-state index in [0.29, 0.717) is 15.9 Å². The number of oxime groups is 1. The van der Waals surface area contributed by atoms with Crippen LogP contribution < -0.4 is 15.4 Å². The fraction of sp³-hybridized carbons (Fsp3) is 0.154. The van der Waals surface area contributed by atoms with Crippen LogP contribution in [0, 0.1) is 6.92 Å². The smallest absolute Gasteiger partial charge is 0.410 e. The highest BCUT2D eigenvalue weighted by molar-refractivity contribution is 7.19. The maximum atomic E-state index is 12.1. The summed E-state index contributed by atoms with van der Waals surface area (Å²) in [4.78, 5) is 22.4. The summed E-state index contributed by atoms with van der Waals surface area (Å²) in [6, 6.07) is 19.9. The number of hydrogen-bond acceptors (Lipinski definition) is 8. The monoisotopic (exact) mass is 521 g/mol. The van der Waals surface area contributed by atoms with Crippen molar-refractivity contribution in [2.45, 2.75) is 26.7 Å². The summed E-state index contributed by atoms with van der Waals surface area (Å²) in [5.41, 5.74) is 3.60. The minimum absolute atomic E-state index is 0.0654. The molecule has 36 heavy (non-hydrogen) atoms. The fourth-order valence-electron chi connectivity index (χ4n) is 3.55. The molecule has 0 aliphatic heterocycles. The molecule has 0 aliphatic carbocycles. The SMILES string of the molecule is CCc1c(C)nc(-c2ccc(Cl)s2)nc1Nc1ccc(CC(=NO)NC(=O)Oc2ccccc2)cc1. The minimum atomic E-state index is -0.735. The van der Waals surface area contributed by atoms with Gasteiger partial charge in [-0.25, -0.2) is 14.8 Å². The van der Waals surface area contributed by atoms with Gasteiger partial charge in [0.05, 0.1) is 9.21 Å². The average molecular weight is 522 g/mol. The van der Waals surface area contributed by atoms with Crippen LogP contribution in [0.5, 0.6) is 5.75 Å². The van der Waals surface area contributed by atoms with Crippen molar-refractivity contribution in [3.8, 4) is 16.5 Å². The maximum Gasteiger partial charge on any atom is 0.418 e. The van der Waals surface area contributed by atoms with E-state index in [-0.39, 0.29) is 12.3 Å². The molecule has 0 aliphatic rings. The summed E-state index contributed by atoms with van der Waals surface area (Å²) in [5.74, 6) is 1.81. The molecule has 0 atom stereocenters.